The summed E-state index contributed by atoms with van der Waals surface area (Å²) in [5.41, 5.74) is 1.93. The zero-order chi connectivity index (χ0) is 30.6. The van der Waals surface area contributed by atoms with E-state index >= 15 is 0 Å². The first kappa shape index (κ1) is 29.9. The Balaban J connectivity index is 1.49. The van der Waals surface area contributed by atoms with Crippen LogP contribution in [0.4, 0.5) is 11.8 Å². The van der Waals surface area contributed by atoms with Crippen LogP contribution in [0.15, 0.2) is 23.4 Å². The molecule has 2 N–H and O–H groups in total. The summed E-state index contributed by atoms with van der Waals surface area (Å²) < 4.78 is 25.9. The molecule has 230 valence electrons. The number of aryl methyl sites for hydroxylation is 2. The molecule has 16 heteroatoms. The molecule has 0 spiro atoms. The molecule has 16 nitrogen and oxygen atoms in total. The van der Waals surface area contributed by atoms with E-state index in [2.05, 4.69) is 51.5 Å². The SMILES string of the molecule is CCc1noc([C@H]2O[C@@H](n3cnc4c(NCCC(C)(C)C)nc(NCCc5cn(C)cn5)nc43)[C@H](OC=O)[C@@H]2OC=O)n1. The summed E-state index contributed by atoms with van der Waals surface area (Å²) in [4.78, 5) is 45.8. The summed E-state index contributed by atoms with van der Waals surface area (Å²) in [5.74, 6) is 1.43. The van der Waals surface area contributed by atoms with Gasteiger partial charge in [0.05, 0.1) is 18.3 Å². The first-order chi connectivity index (χ1) is 20.7. The van der Waals surface area contributed by atoms with Gasteiger partial charge in [-0.1, -0.05) is 32.9 Å². The van der Waals surface area contributed by atoms with E-state index in [1.807, 2.05) is 24.7 Å². The highest BCUT2D eigenvalue weighted by Gasteiger charge is 2.52. The lowest BCUT2D eigenvalue weighted by atomic mass is 9.92. The standard InChI is InChI=1S/C27H36N10O6/c1-6-17-32-24(43-35-17)20-19(40-14-38)21(41-15-39)25(42-20)37-13-31-18-22(28-10-8-27(2,3)4)33-26(34-23(18)37)29-9-7-16-11-36(5)12-30-16/h11-15,19-21,25H,6-10H2,1-5H3,(H2,28,29,33,34)/t19-,20+,21-,25-/m1/s1. The normalized spacial score (nSPS) is 20.3. The number of anilines is 2. The maximum atomic E-state index is 11.6. The second kappa shape index (κ2) is 12.7. The van der Waals surface area contributed by atoms with E-state index in [0.29, 0.717) is 54.7 Å². The van der Waals surface area contributed by atoms with Gasteiger partial charge in [0, 0.05) is 39.2 Å². The molecule has 0 radical (unpaired) electrons. The van der Waals surface area contributed by atoms with Crippen molar-refractivity contribution in [2.45, 2.75) is 71.5 Å². The van der Waals surface area contributed by atoms with Crippen molar-refractivity contribution in [2.24, 2.45) is 12.5 Å². The maximum Gasteiger partial charge on any atom is 0.293 e. The Labute approximate surface area is 247 Å². The van der Waals surface area contributed by atoms with Crippen LogP contribution in [0.1, 0.15) is 63.9 Å². The van der Waals surface area contributed by atoms with Gasteiger partial charge in [-0.25, -0.2) is 9.97 Å². The summed E-state index contributed by atoms with van der Waals surface area (Å²) >= 11 is 0. The number of carbonyl (C=O) groups is 2. The van der Waals surface area contributed by atoms with Gasteiger partial charge in [-0.3, -0.25) is 14.2 Å². The molecule has 1 saturated heterocycles. The summed E-state index contributed by atoms with van der Waals surface area (Å²) in [6.45, 7) is 10.1. The van der Waals surface area contributed by atoms with E-state index in [4.69, 9.17) is 28.7 Å². The van der Waals surface area contributed by atoms with Crippen molar-refractivity contribution in [1.82, 2.24) is 39.2 Å². The van der Waals surface area contributed by atoms with Gasteiger partial charge in [0.1, 0.15) is 0 Å². The molecule has 0 saturated carbocycles. The van der Waals surface area contributed by atoms with Crippen LogP contribution in [-0.2, 0) is 43.7 Å². The molecule has 4 aromatic rings. The Morgan fingerprint density at radius 3 is 2.49 bits per heavy atom. The molecular weight excluding hydrogens is 560 g/mol. The Hall–Kier alpha value is -4.60. The van der Waals surface area contributed by atoms with Gasteiger partial charge in [-0.05, 0) is 11.8 Å². The highest BCUT2D eigenvalue weighted by Crippen LogP contribution is 2.42. The first-order valence-electron chi connectivity index (χ1n) is 14.1. The van der Waals surface area contributed by atoms with Crippen molar-refractivity contribution in [3.05, 3.63) is 36.3 Å². The first-order valence-corrected chi connectivity index (χ1v) is 14.1. The largest absolute Gasteiger partial charge is 0.457 e. The molecule has 1 fully saturated rings. The molecule has 4 aromatic heterocycles. The van der Waals surface area contributed by atoms with E-state index in [-0.39, 0.29) is 24.3 Å². The number of hydrogen-bond acceptors (Lipinski definition) is 14. The van der Waals surface area contributed by atoms with Gasteiger partial charge >= 0.3 is 0 Å². The van der Waals surface area contributed by atoms with Crippen LogP contribution in [-0.4, -0.2) is 77.5 Å². The van der Waals surface area contributed by atoms with Crippen LogP contribution in [0, 0.1) is 5.41 Å². The van der Waals surface area contributed by atoms with Crippen LogP contribution in [0.3, 0.4) is 0 Å². The molecule has 0 aliphatic carbocycles. The summed E-state index contributed by atoms with van der Waals surface area (Å²) in [6.07, 6.45) is 3.14. The number of hydrogen-bond donors (Lipinski definition) is 2. The number of nitrogens with one attached hydrogen (secondary N) is 2. The molecule has 5 rings (SSSR count). The van der Waals surface area contributed by atoms with Gasteiger partial charge in [0.2, 0.25) is 5.95 Å². The lowest BCUT2D eigenvalue weighted by Gasteiger charge is -2.21. The molecule has 0 amide bonds. The van der Waals surface area contributed by atoms with Gasteiger partial charge in [0.15, 0.2) is 47.3 Å². The van der Waals surface area contributed by atoms with Crippen LogP contribution >= 0.6 is 0 Å². The monoisotopic (exact) mass is 596 g/mol. The third-order valence-electron chi connectivity index (χ3n) is 6.94. The number of ether oxygens (including phenoxy) is 3. The van der Waals surface area contributed by atoms with Gasteiger partial charge in [-0.15, -0.1) is 0 Å². The molecular formula is C27H36N10O6. The van der Waals surface area contributed by atoms with Gasteiger partial charge in [0.25, 0.3) is 18.8 Å². The number of fused-ring (bicyclic) bond motifs is 1. The quantitative estimate of drug-likeness (QED) is 0.202. The minimum Gasteiger partial charge on any atom is -0.457 e. The predicted molar refractivity (Wildman–Crippen MR) is 152 cm³/mol. The van der Waals surface area contributed by atoms with Gasteiger partial charge < -0.3 is 33.9 Å². The third kappa shape index (κ3) is 6.74. The lowest BCUT2D eigenvalue weighted by molar-refractivity contribution is -0.151. The second-order valence-electron chi connectivity index (χ2n) is 11.4. The molecule has 1 aliphatic rings. The maximum absolute atomic E-state index is 11.6. The molecule has 0 unspecified atom stereocenters. The smallest absolute Gasteiger partial charge is 0.293 e. The van der Waals surface area contributed by atoms with Gasteiger partial charge in [-0.2, -0.15) is 15.0 Å². The second-order valence-corrected chi connectivity index (χ2v) is 11.4. The molecule has 0 bridgehead atoms. The number of aromatic nitrogens is 8. The van der Waals surface area contributed by atoms with Crippen molar-refractivity contribution in [3.63, 3.8) is 0 Å². The highest BCUT2D eigenvalue weighted by molar-refractivity contribution is 5.84. The fourth-order valence-corrected chi connectivity index (χ4v) is 4.77. The average Bonchev–Trinajstić information content (AvgIpc) is 3.75. The Morgan fingerprint density at radius 1 is 1.02 bits per heavy atom. The molecule has 43 heavy (non-hydrogen) atoms. The van der Waals surface area contributed by atoms with E-state index in [1.165, 1.54) is 6.33 Å². The topological polar surface area (TPSA) is 186 Å². The zero-order valence-electron chi connectivity index (χ0n) is 24.8. The van der Waals surface area contributed by atoms with E-state index < -0.39 is 24.5 Å². The number of imidazole rings is 2. The molecule has 0 aromatic carbocycles. The van der Waals surface area contributed by atoms with Crippen molar-refractivity contribution in [3.8, 4) is 0 Å². The van der Waals surface area contributed by atoms with E-state index in [9.17, 15) is 9.59 Å². The fraction of sp³-hybridized carbons (Fsp3) is 0.556. The predicted octanol–water partition coefficient (Wildman–Crippen LogP) is 2.36. The number of carbonyl (C=O) groups excluding carboxylic acids is 2. The van der Waals surface area contributed by atoms with E-state index in [0.717, 1.165) is 12.1 Å². The minimum absolute atomic E-state index is 0.0890. The van der Waals surface area contributed by atoms with Crippen LogP contribution in [0.2, 0.25) is 0 Å². The zero-order valence-corrected chi connectivity index (χ0v) is 24.8. The third-order valence-corrected chi connectivity index (χ3v) is 6.94. The number of rotatable bonds is 14. The minimum atomic E-state index is -1.07. The fourth-order valence-electron chi connectivity index (χ4n) is 4.77. The highest BCUT2D eigenvalue weighted by atomic mass is 16.6. The average molecular weight is 597 g/mol. The van der Waals surface area contributed by atoms with Crippen molar-refractivity contribution < 1.29 is 28.3 Å². The van der Waals surface area contributed by atoms with E-state index in [1.54, 1.807) is 10.9 Å². The van der Waals surface area contributed by atoms with Crippen LogP contribution < -0.4 is 10.6 Å². The summed E-state index contributed by atoms with van der Waals surface area (Å²) in [7, 11) is 1.92. The van der Waals surface area contributed by atoms with Crippen LogP contribution in [0.5, 0.6) is 0 Å². The van der Waals surface area contributed by atoms with Crippen molar-refractivity contribution in [1.29, 1.82) is 0 Å². The molecule has 5 heterocycles. The summed E-state index contributed by atoms with van der Waals surface area (Å²) in [5, 5.41) is 10.6. The molecule has 1 aliphatic heterocycles. The Morgan fingerprint density at radius 2 is 1.81 bits per heavy atom. The molecule has 4 atom stereocenters. The lowest BCUT2D eigenvalue weighted by Crippen LogP contribution is -2.34. The van der Waals surface area contributed by atoms with Crippen LogP contribution in [0.25, 0.3) is 11.2 Å². The Bertz CT molecular complexity index is 1540. The van der Waals surface area contributed by atoms with Crippen molar-refractivity contribution >= 4 is 35.9 Å². The van der Waals surface area contributed by atoms with Crippen molar-refractivity contribution in [2.75, 3.05) is 23.7 Å². The summed E-state index contributed by atoms with van der Waals surface area (Å²) in [6, 6.07) is 0. The Kier molecular flexibility index (Phi) is 8.84. The number of nitrogens with zero attached hydrogens (tertiary/aromatic N) is 8.